The summed E-state index contributed by atoms with van der Waals surface area (Å²) in [7, 11) is 0. The maximum atomic E-state index is 11.0. The Morgan fingerprint density at radius 1 is 1.24 bits per heavy atom. The molecule has 3 rings (SSSR count). The molecule has 6 nitrogen and oxygen atoms in total. The number of pyridine rings is 1. The number of aromatic nitrogens is 1. The Morgan fingerprint density at radius 3 is 2.52 bits per heavy atom. The lowest BCUT2D eigenvalue weighted by atomic mass is 10.0. The summed E-state index contributed by atoms with van der Waals surface area (Å²) in [5, 5.41) is 12.9. The van der Waals surface area contributed by atoms with Gasteiger partial charge in [0.25, 0.3) is 0 Å². The number of nitrogen functional groups attached to an aromatic ring is 1. The fourth-order valence-corrected chi connectivity index (χ4v) is 3.17. The molecule has 0 spiro atoms. The molecule has 3 aromatic rings. The molecule has 1 aromatic carbocycles. The number of carboxylic acid groups (broad SMARTS) is 1. The molecule has 5 N–H and O–H groups in total. The predicted octanol–water partition coefficient (Wildman–Crippen LogP) is 3.42. The summed E-state index contributed by atoms with van der Waals surface area (Å²) in [4.78, 5) is 19.6. The largest absolute Gasteiger partial charge is 0.478 e. The summed E-state index contributed by atoms with van der Waals surface area (Å²) in [6.45, 7) is 3.50. The molecule has 1 unspecified atom stereocenters. The zero-order chi connectivity index (χ0) is 18.0. The van der Waals surface area contributed by atoms with Gasteiger partial charge in [0.2, 0.25) is 0 Å². The van der Waals surface area contributed by atoms with Gasteiger partial charge in [0.15, 0.2) is 0 Å². The third kappa shape index (κ3) is 3.28. The molecule has 0 aliphatic carbocycles. The normalized spacial score (nSPS) is 11.9. The van der Waals surface area contributed by atoms with Crippen LogP contribution in [0, 0.1) is 0 Å². The summed E-state index contributed by atoms with van der Waals surface area (Å²) in [6.07, 6.45) is -0.675. The first-order valence-corrected chi connectivity index (χ1v) is 8.33. The second kappa shape index (κ2) is 6.84. The van der Waals surface area contributed by atoms with Gasteiger partial charge >= 0.3 is 5.97 Å². The minimum Gasteiger partial charge on any atom is -0.478 e. The van der Waals surface area contributed by atoms with Crippen LogP contribution in [0.1, 0.15) is 22.1 Å². The van der Waals surface area contributed by atoms with Crippen LogP contribution in [-0.4, -0.2) is 22.8 Å². The summed E-state index contributed by atoms with van der Waals surface area (Å²) in [5.41, 5.74) is 16.5. The van der Waals surface area contributed by atoms with Crippen LogP contribution < -0.4 is 11.5 Å². The van der Waals surface area contributed by atoms with Crippen LogP contribution in [0.4, 0.5) is 5.69 Å². The minimum absolute atomic E-state index is 0.212. The van der Waals surface area contributed by atoms with Crippen molar-refractivity contribution in [3.8, 4) is 22.5 Å². The van der Waals surface area contributed by atoms with Gasteiger partial charge < -0.3 is 16.6 Å². The van der Waals surface area contributed by atoms with Crippen molar-refractivity contribution >= 4 is 29.7 Å². The fourth-order valence-electron chi connectivity index (χ4n) is 2.53. The second-order valence-corrected chi connectivity index (χ2v) is 6.16. The number of aliphatic imine (C=N–C) groups is 1. The third-order valence-electron chi connectivity index (χ3n) is 3.81. The first-order chi connectivity index (χ1) is 12.0. The quantitative estimate of drug-likeness (QED) is 0.609. The number of carbonyl (C=O) groups is 1. The van der Waals surface area contributed by atoms with Gasteiger partial charge in [-0.05, 0) is 36.4 Å². The minimum atomic E-state index is -0.976. The van der Waals surface area contributed by atoms with Gasteiger partial charge in [0.1, 0.15) is 6.17 Å². The first kappa shape index (κ1) is 16.8. The lowest BCUT2D eigenvalue weighted by Crippen LogP contribution is -2.12. The van der Waals surface area contributed by atoms with E-state index in [0.29, 0.717) is 22.6 Å². The number of nitrogens with two attached hydrogens (primary N) is 2. The maximum Gasteiger partial charge on any atom is 0.335 e. The number of hydrogen-bond donors (Lipinski definition) is 3. The van der Waals surface area contributed by atoms with Crippen molar-refractivity contribution in [2.45, 2.75) is 6.17 Å². The second-order valence-electron chi connectivity index (χ2n) is 5.38. The monoisotopic (exact) mass is 352 g/mol. The zero-order valence-corrected chi connectivity index (χ0v) is 14.0. The molecule has 126 valence electrons. The highest BCUT2D eigenvalue weighted by Gasteiger charge is 2.19. The Morgan fingerprint density at radius 2 is 1.96 bits per heavy atom. The van der Waals surface area contributed by atoms with Crippen molar-refractivity contribution in [2.75, 3.05) is 5.73 Å². The van der Waals surface area contributed by atoms with E-state index < -0.39 is 12.1 Å². The molecule has 0 saturated heterocycles. The van der Waals surface area contributed by atoms with Gasteiger partial charge in [0, 0.05) is 27.8 Å². The number of nitrogens with zero attached hydrogens (tertiary/aromatic N) is 2. The lowest BCUT2D eigenvalue weighted by Gasteiger charge is -2.16. The molecule has 0 amide bonds. The Labute approximate surface area is 148 Å². The Balaban J connectivity index is 2.16. The summed E-state index contributed by atoms with van der Waals surface area (Å²) in [6, 6.07) is 10.1. The predicted molar refractivity (Wildman–Crippen MR) is 101 cm³/mol. The van der Waals surface area contributed by atoms with Gasteiger partial charge in [-0.25, -0.2) is 9.78 Å². The van der Waals surface area contributed by atoms with Crippen LogP contribution in [0.15, 0.2) is 52.2 Å². The molecule has 0 fully saturated rings. The van der Waals surface area contributed by atoms with Gasteiger partial charge in [-0.15, -0.1) is 0 Å². The SMILES string of the molecule is C=NC(N)c1c(N)cc(-c2ccc(C(=O)O)cc2)nc1-c1ccsc1. The van der Waals surface area contributed by atoms with Crippen molar-refractivity contribution in [2.24, 2.45) is 10.7 Å². The third-order valence-corrected chi connectivity index (χ3v) is 4.49. The van der Waals surface area contributed by atoms with E-state index >= 15 is 0 Å². The lowest BCUT2D eigenvalue weighted by molar-refractivity contribution is 0.0697. The molecule has 0 aliphatic heterocycles. The van der Waals surface area contributed by atoms with E-state index in [1.165, 1.54) is 12.1 Å². The summed E-state index contributed by atoms with van der Waals surface area (Å²) in [5.74, 6) is -0.976. The van der Waals surface area contributed by atoms with Gasteiger partial charge in [-0.2, -0.15) is 11.3 Å². The van der Waals surface area contributed by atoms with E-state index in [1.54, 1.807) is 29.5 Å². The molecule has 1 atom stereocenters. The highest BCUT2D eigenvalue weighted by Crippen LogP contribution is 2.35. The highest BCUT2D eigenvalue weighted by molar-refractivity contribution is 7.08. The van der Waals surface area contributed by atoms with Crippen LogP contribution >= 0.6 is 11.3 Å². The standard InChI is InChI=1S/C18H16N4O2S/c1-21-17(20)15-13(19)8-14(22-16(15)12-6-7-25-9-12)10-2-4-11(5-3-10)18(23)24/h2-9,17H,1,20H2,(H2,19,22)(H,23,24). The number of thiophene rings is 1. The molecule has 7 heteroatoms. The van der Waals surface area contributed by atoms with E-state index in [0.717, 1.165) is 11.1 Å². The zero-order valence-electron chi connectivity index (χ0n) is 13.2. The molecule has 0 bridgehead atoms. The molecule has 0 aliphatic rings. The molecule has 0 radical (unpaired) electrons. The van der Waals surface area contributed by atoms with E-state index in [-0.39, 0.29) is 5.56 Å². The van der Waals surface area contributed by atoms with Crippen LogP contribution in [0.2, 0.25) is 0 Å². The highest BCUT2D eigenvalue weighted by atomic mass is 32.1. The maximum absolute atomic E-state index is 11.0. The number of rotatable bonds is 5. The number of carboxylic acids is 1. The number of anilines is 1. The molecular formula is C18H16N4O2S. The summed E-state index contributed by atoms with van der Waals surface area (Å²) < 4.78 is 0. The Hall–Kier alpha value is -3.03. The fraction of sp³-hybridized carbons (Fsp3) is 0.0556. The number of benzene rings is 1. The van der Waals surface area contributed by atoms with Crippen LogP contribution in [0.3, 0.4) is 0 Å². The van der Waals surface area contributed by atoms with Crippen LogP contribution in [0.5, 0.6) is 0 Å². The molecule has 25 heavy (non-hydrogen) atoms. The summed E-state index contributed by atoms with van der Waals surface area (Å²) >= 11 is 1.54. The van der Waals surface area contributed by atoms with E-state index in [4.69, 9.17) is 21.6 Å². The van der Waals surface area contributed by atoms with Crippen molar-refractivity contribution in [3.63, 3.8) is 0 Å². The van der Waals surface area contributed by atoms with Gasteiger partial charge in [-0.3, -0.25) is 4.99 Å². The van der Waals surface area contributed by atoms with Gasteiger partial charge in [0.05, 0.1) is 17.0 Å². The molecule has 0 saturated carbocycles. The van der Waals surface area contributed by atoms with Crippen LogP contribution in [-0.2, 0) is 0 Å². The number of hydrogen-bond acceptors (Lipinski definition) is 6. The van der Waals surface area contributed by atoms with Crippen molar-refractivity contribution in [1.82, 2.24) is 4.98 Å². The molecular weight excluding hydrogens is 336 g/mol. The van der Waals surface area contributed by atoms with Gasteiger partial charge in [-0.1, -0.05) is 12.1 Å². The Kier molecular flexibility index (Phi) is 4.60. The molecule has 2 heterocycles. The van der Waals surface area contributed by atoms with E-state index in [1.807, 2.05) is 16.8 Å². The smallest absolute Gasteiger partial charge is 0.335 e. The topological polar surface area (TPSA) is 115 Å². The van der Waals surface area contributed by atoms with Crippen molar-refractivity contribution in [3.05, 3.63) is 58.3 Å². The first-order valence-electron chi connectivity index (χ1n) is 7.39. The number of aromatic carboxylic acids is 1. The van der Waals surface area contributed by atoms with E-state index in [9.17, 15) is 4.79 Å². The Bertz CT molecular complexity index is 921. The van der Waals surface area contributed by atoms with Crippen molar-refractivity contribution < 1.29 is 9.90 Å². The average molecular weight is 352 g/mol. The van der Waals surface area contributed by atoms with Crippen molar-refractivity contribution in [1.29, 1.82) is 0 Å². The van der Waals surface area contributed by atoms with E-state index in [2.05, 4.69) is 11.7 Å². The average Bonchev–Trinajstić information content (AvgIpc) is 3.15. The van der Waals surface area contributed by atoms with Crippen LogP contribution in [0.25, 0.3) is 22.5 Å². The molecule has 2 aromatic heterocycles.